The van der Waals surface area contributed by atoms with E-state index in [1.54, 1.807) is 24.9 Å². The van der Waals surface area contributed by atoms with Crippen LogP contribution in [0.1, 0.15) is 44.5 Å². The van der Waals surface area contributed by atoms with Gasteiger partial charge in [0.15, 0.2) is 0 Å². The standard InChI is InChI=1S/C32H42N8O5/c1-20(2)28(36-30(42)21(3)34-4)32(44)39-18-24(40-17-23(37-38-40)19-45-25-13-9-6-10-14-25)16-27(39)31(43)35-26(29(33)41)15-22-11-7-5-8-12-22/h5-14,17,20-21,24,26-28,34H,15-16,18-19H2,1-4H3,(H2,33,41)(H,35,43)(H,36,42)/t21-,24+,26-,27-,28-/m0/s1. The van der Waals surface area contributed by atoms with Crippen molar-refractivity contribution in [3.05, 3.63) is 78.1 Å². The molecular formula is C32H42N8O5. The van der Waals surface area contributed by atoms with Crippen LogP contribution in [0.3, 0.4) is 0 Å². The van der Waals surface area contributed by atoms with Crippen molar-refractivity contribution in [3.8, 4) is 5.75 Å². The second kappa shape index (κ2) is 15.3. The highest BCUT2D eigenvalue weighted by Gasteiger charge is 2.44. The van der Waals surface area contributed by atoms with Crippen LogP contribution in [0.2, 0.25) is 0 Å². The number of nitrogens with one attached hydrogen (secondary N) is 3. The molecule has 13 heteroatoms. The highest BCUT2D eigenvalue weighted by molar-refractivity contribution is 5.95. The van der Waals surface area contributed by atoms with E-state index in [0.29, 0.717) is 11.4 Å². The van der Waals surface area contributed by atoms with Crippen molar-refractivity contribution in [1.29, 1.82) is 0 Å². The van der Waals surface area contributed by atoms with E-state index >= 15 is 0 Å². The zero-order chi connectivity index (χ0) is 32.5. The molecule has 5 atom stereocenters. The van der Waals surface area contributed by atoms with E-state index in [-0.39, 0.29) is 37.8 Å². The minimum absolute atomic E-state index is 0.139. The number of rotatable bonds is 14. The molecule has 2 heterocycles. The van der Waals surface area contributed by atoms with Crippen molar-refractivity contribution < 1.29 is 23.9 Å². The lowest BCUT2D eigenvalue weighted by Crippen LogP contribution is -2.58. The molecule has 1 saturated heterocycles. The number of likely N-dealkylation sites (N-methyl/N-ethyl adjacent to an activating group) is 1. The third-order valence-corrected chi connectivity index (χ3v) is 7.93. The van der Waals surface area contributed by atoms with Gasteiger partial charge >= 0.3 is 0 Å². The number of primary amides is 1. The smallest absolute Gasteiger partial charge is 0.246 e. The SMILES string of the molecule is CN[C@@H](C)C(=O)N[C@H](C(=O)N1C[C@H](n2cc(COc3ccccc3)nn2)C[C@H]1C(=O)N[C@@H](Cc1ccccc1)C(N)=O)C(C)C. The Hall–Kier alpha value is -4.78. The van der Waals surface area contributed by atoms with E-state index in [4.69, 9.17) is 10.5 Å². The molecule has 2 aromatic carbocycles. The Morgan fingerprint density at radius 2 is 1.67 bits per heavy atom. The van der Waals surface area contributed by atoms with Gasteiger partial charge in [0.2, 0.25) is 23.6 Å². The van der Waals surface area contributed by atoms with E-state index in [1.807, 2.05) is 74.5 Å². The first-order chi connectivity index (χ1) is 21.6. The van der Waals surface area contributed by atoms with Crippen LogP contribution in [0.15, 0.2) is 66.9 Å². The Bertz CT molecular complexity index is 1450. The summed E-state index contributed by atoms with van der Waals surface area (Å²) in [6, 6.07) is 14.8. The van der Waals surface area contributed by atoms with Gasteiger partial charge in [0.25, 0.3) is 0 Å². The molecule has 1 aliphatic heterocycles. The van der Waals surface area contributed by atoms with Crippen LogP contribution in [0.25, 0.3) is 0 Å². The number of nitrogens with two attached hydrogens (primary N) is 1. The van der Waals surface area contributed by atoms with Gasteiger partial charge in [-0.15, -0.1) is 5.10 Å². The number of benzene rings is 2. The number of likely N-dealkylation sites (tertiary alicyclic amines) is 1. The molecule has 1 aliphatic rings. The molecule has 5 N–H and O–H groups in total. The van der Waals surface area contributed by atoms with E-state index in [2.05, 4.69) is 26.3 Å². The van der Waals surface area contributed by atoms with E-state index in [1.165, 1.54) is 4.90 Å². The van der Waals surface area contributed by atoms with E-state index < -0.39 is 47.9 Å². The number of nitrogens with zero attached hydrogens (tertiary/aromatic N) is 4. The van der Waals surface area contributed by atoms with Crippen molar-refractivity contribution in [2.24, 2.45) is 11.7 Å². The average Bonchev–Trinajstić information content (AvgIpc) is 3.70. The Kier molecular flexibility index (Phi) is 11.3. The van der Waals surface area contributed by atoms with Gasteiger partial charge in [-0.05, 0) is 37.6 Å². The highest BCUT2D eigenvalue weighted by Crippen LogP contribution is 2.29. The Morgan fingerprint density at radius 1 is 1.00 bits per heavy atom. The number of hydrogen-bond donors (Lipinski definition) is 4. The first-order valence-corrected chi connectivity index (χ1v) is 15.1. The van der Waals surface area contributed by atoms with Gasteiger partial charge < -0.3 is 31.3 Å². The van der Waals surface area contributed by atoms with Crippen molar-refractivity contribution in [1.82, 2.24) is 35.8 Å². The molecule has 0 spiro atoms. The summed E-state index contributed by atoms with van der Waals surface area (Å²) in [5.74, 6) is -1.52. The maximum absolute atomic E-state index is 14.1. The average molecular weight is 619 g/mol. The zero-order valence-corrected chi connectivity index (χ0v) is 26.1. The first-order valence-electron chi connectivity index (χ1n) is 15.1. The van der Waals surface area contributed by atoms with Gasteiger partial charge in [-0.25, -0.2) is 4.68 Å². The molecule has 0 aliphatic carbocycles. The predicted octanol–water partition coefficient (Wildman–Crippen LogP) is 0.961. The van der Waals surface area contributed by atoms with Crippen molar-refractivity contribution in [2.45, 2.75) is 70.4 Å². The van der Waals surface area contributed by atoms with Gasteiger partial charge in [0.05, 0.1) is 18.3 Å². The molecule has 0 saturated carbocycles. The Balaban J connectivity index is 1.56. The number of amides is 4. The summed E-state index contributed by atoms with van der Waals surface area (Å²) in [5.41, 5.74) is 7.09. The fourth-order valence-corrected chi connectivity index (χ4v) is 5.17. The number of aromatic nitrogens is 3. The van der Waals surface area contributed by atoms with Crippen LogP contribution in [-0.2, 0) is 32.2 Å². The lowest BCUT2D eigenvalue weighted by Gasteiger charge is -2.31. The van der Waals surface area contributed by atoms with Crippen LogP contribution in [0.5, 0.6) is 5.75 Å². The molecule has 1 fully saturated rings. The summed E-state index contributed by atoms with van der Waals surface area (Å²) in [6.45, 7) is 5.68. The van der Waals surface area contributed by atoms with Gasteiger partial charge in [0.1, 0.15) is 36.2 Å². The van der Waals surface area contributed by atoms with Crippen LogP contribution >= 0.6 is 0 Å². The summed E-state index contributed by atoms with van der Waals surface area (Å²) >= 11 is 0. The molecular weight excluding hydrogens is 576 g/mol. The monoisotopic (exact) mass is 618 g/mol. The van der Waals surface area contributed by atoms with Crippen molar-refractivity contribution >= 4 is 23.6 Å². The van der Waals surface area contributed by atoms with Crippen LogP contribution < -0.4 is 26.4 Å². The van der Waals surface area contributed by atoms with Gasteiger partial charge in [-0.2, -0.15) is 0 Å². The topological polar surface area (TPSA) is 174 Å². The summed E-state index contributed by atoms with van der Waals surface area (Å²) in [7, 11) is 1.66. The van der Waals surface area contributed by atoms with Crippen molar-refractivity contribution in [3.63, 3.8) is 0 Å². The second-order valence-electron chi connectivity index (χ2n) is 11.6. The molecule has 0 radical (unpaired) electrons. The van der Waals surface area contributed by atoms with Crippen LogP contribution in [0, 0.1) is 5.92 Å². The first kappa shape index (κ1) is 33.1. The largest absolute Gasteiger partial charge is 0.487 e. The molecule has 0 unspecified atom stereocenters. The Morgan fingerprint density at radius 3 is 2.29 bits per heavy atom. The summed E-state index contributed by atoms with van der Waals surface area (Å²) in [4.78, 5) is 54.4. The third-order valence-electron chi connectivity index (χ3n) is 7.93. The van der Waals surface area contributed by atoms with Crippen LogP contribution in [0.4, 0.5) is 0 Å². The van der Waals surface area contributed by atoms with Gasteiger partial charge in [0, 0.05) is 19.4 Å². The quantitative estimate of drug-likeness (QED) is 0.207. The molecule has 4 rings (SSSR count). The fourth-order valence-electron chi connectivity index (χ4n) is 5.17. The molecule has 1 aromatic heterocycles. The molecule has 3 aromatic rings. The lowest BCUT2D eigenvalue weighted by atomic mass is 10.0. The number of ether oxygens (including phenoxy) is 1. The van der Waals surface area contributed by atoms with Crippen molar-refractivity contribution in [2.75, 3.05) is 13.6 Å². The van der Waals surface area contributed by atoms with E-state index in [9.17, 15) is 19.2 Å². The normalized spacial score (nSPS) is 18.2. The third kappa shape index (κ3) is 8.66. The highest BCUT2D eigenvalue weighted by atomic mass is 16.5. The number of hydrogen-bond acceptors (Lipinski definition) is 8. The summed E-state index contributed by atoms with van der Waals surface area (Å²) < 4.78 is 7.42. The molecule has 240 valence electrons. The zero-order valence-electron chi connectivity index (χ0n) is 26.1. The molecule has 13 nitrogen and oxygen atoms in total. The summed E-state index contributed by atoms with van der Waals surface area (Å²) in [6.07, 6.45) is 2.14. The predicted molar refractivity (Wildman–Crippen MR) is 167 cm³/mol. The summed E-state index contributed by atoms with van der Waals surface area (Å²) in [5, 5.41) is 17.0. The second-order valence-corrected chi connectivity index (χ2v) is 11.6. The molecule has 45 heavy (non-hydrogen) atoms. The maximum Gasteiger partial charge on any atom is 0.246 e. The molecule has 0 bridgehead atoms. The minimum atomic E-state index is -0.985. The van der Waals surface area contributed by atoms with Crippen LogP contribution in [-0.4, -0.2) is 81.3 Å². The molecule has 4 amide bonds. The number of carbonyl (C=O) groups is 4. The Labute approximate surface area is 262 Å². The lowest BCUT2D eigenvalue weighted by molar-refractivity contribution is -0.143. The van der Waals surface area contributed by atoms with E-state index in [0.717, 1.165) is 5.56 Å². The fraction of sp³-hybridized carbons (Fsp3) is 0.438. The van der Waals surface area contributed by atoms with Gasteiger partial charge in [-0.1, -0.05) is 67.6 Å². The number of para-hydroxylation sites is 1. The maximum atomic E-state index is 14.1. The number of carbonyl (C=O) groups excluding carboxylic acids is 4. The minimum Gasteiger partial charge on any atom is -0.487 e. The van der Waals surface area contributed by atoms with Gasteiger partial charge in [-0.3, -0.25) is 19.2 Å².